The molecular weight excluding hydrogens is 214 g/mol. The molecule has 1 rings (SSSR count). The highest BCUT2D eigenvalue weighted by atomic mass is 19.1. The van der Waals surface area contributed by atoms with Crippen LogP contribution in [0.5, 0.6) is 5.75 Å². The minimum atomic E-state index is -0.802. The van der Waals surface area contributed by atoms with Gasteiger partial charge in [0.05, 0.1) is 18.3 Å². The molecule has 1 N–H and O–H groups in total. The van der Waals surface area contributed by atoms with Gasteiger partial charge in [-0.05, 0) is 6.92 Å². The van der Waals surface area contributed by atoms with Crippen molar-refractivity contribution in [1.82, 2.24) is 0 Å². The van der Waals surface area contributed by atoms with Gasteiger partial charge in [-0.3, -0.25) is 0 Å². The largest absolute Gasteiger partial charge is 0.490 e. The van der Waals surface area contributed by atoms with Crippen molar-refractivity contribution >= 4 is 0 Å². The first kappa shape index (κ1) is 12.6. The molecule has 0 amide bonds. The summed E-state index contributed by atoms with van der Waals surface area (Å²) < 4.78 is 31.5. The van der Waals surface area contributed by atoms with Crippen LogP contribution in [0.25, 0.3) is 0 Å². The molecule has 0 radical (unpaired) electrons. The van der Waals surface area contributed by atoms with Crippen molar-refractivity contribution in [3.05, 3.63) is 42.0 Å². The fraction of sp³-hybridized carbons (Fsp3) is 0.333. The number of hydrogen-bond donors (Lipinski definition) is 1. The van der Waals surface area contributed by atoms with E-state index < -0.39 is 18.2 Å². The van der Waals surface area contributed by atoms with Crippen molar-refractivity contribution in [2.24, 2.45) is 0 Å². The lowest BCUT2D eigenvalue weighted by Gasteiger charge is -2.16. The van der Waals surface area contributed by atoms with Crippen molar-refractivity contribution in [2.75, 3.05) is 0 Å². The molecule has 1 aromatic carbocycles. The number of hydrogen-bond acceptors (Lipinski definition) is 2. The van der Waals surface area contributed by atoms with Crippen LogP contribution in [0.15, 0.2) is 24.8 Å². The van der Waals surface area contributed by atoms with E-state index in [9.17, 15) is 8.78 Å². The van der Waals surface area contributed by atoms with Gasteiger partial charge in [0.1, 0.15) is 17.4 Å². The fourth-order valence-electron chi connectivity index (χ4n) is 1.34. The van der Waals surface area contributed by atoms with E-state index in [2.05, 4.69) is 6.58 Å². The first-order valence-electron chi connectivity index (χ1n) is 4.94. The van der Waals surface area contributed by atoms with E-state index in [0.717, 1.165) is 12.1 Å². The molecule has 0 heterocycles. The van der Waals surface area contributed by atoms with Crippen LogP contribution in [0.4, 0.5) is 8.78 Å². The quantitative estimate of drug-likeness (QED) is 0.785. The summed E-state index contributed by atoms with van der Waals surface area (Å²) in [7, 11) is 0. The van der Waals surface area contributed by atoms with E-state index in [1.165, 1.54) is 0 Å². The maximum Gasteiger partial charge on any atom is 0.135 e. The Morgan fingerprint density at radius 3 is 2.75 bits per heavy atom. The average molecular weight is 228 g/mol. The fourth-order valence-corrected chi connectivity index (χ4v) is 1.34. The maximum atomic E-state index is 13.2. The molecule has 16 heavy (non-hydrogen) atoms. The Morgan fingerprint density at radius 2 is 2.19 bits per heavy atom. The van der Waals surface area contributed by atoms with E-state index in [4.69, 9.17) is 9.84 Å². The molecule has 0 aromatic heterocycles. The topological polar surface area (TPSA) is 29.5 Å². The number of rotatable bonds is 5. The molecule has 1 atom stereocenters. The first-order chi connectivity index (χ1) is 7.58. The molecule has 0 aliphatic rings. The summed E-state index contributed by atoms with van der Waals surface area (Å²) in [6, 6.07) is 1.78. The van der Waals surface area contributed by atoms with E-state index in [1.807, 2.05) is 0 Å². The highest BCUT2D eigenvalue weighted by molar-refractivity contribution is 5.35. The molecule has 0 bridgehead atoms. The molecular formula is C12H14F2O2. The third-order valence-corrected chi connectivity index (χ3v) is 2.10. The van der Waals surface area contributed by atoms with Gasteiger partial charge >= 0.3 is 0 Å². The second kappa shape index (κ2) is 5.61. The summed E-state index contributed by atoms with van der Waals surface area (Å²) in [5.41, 5.74) is -0.0303. The summed E-state index contributed by atoms with van der Waals surface area (Å²) in [5, 5.41) is 8.97. The summed E-state index contributed by atoms with van der Waals surface area (Å²) in [6.45, 7) is 4.77. The van der Waals surface area contributed by atoms with Crippen molar-refractivity contribution in [3.63, 3.8) is 0 Å². The predicted molar refractivity (Wildman–Crippen MR) is 57.2 cm³/mol. The minimum Gasteiger partial charge on any atom is -0.490 e. The van der Waals surface area contributed by atoms with Crippen LogP contribution in [0, 0.1) is 11.6 Å². The van der Waals surface area contributed by atoms with Crippen LogP contribution < -0.4 is 4.74 Å². The van der Waals surface area contributed by atoms with Crippen LogP contribution in [-0.4, -0.2) is 11.2 Å². The molecule has 1 aromatic rings. The minimum absolute atomic E-state index is 0.0303. The summed E-state index contributed by atoms with van der Waals surface area (Å²) >= 11 is 0. The van der Waals surface area contributed by atoms with Gasteiger partial charge in [0.15, 0.2) is 0 Å². The normalized spacial score (nSPS) is 12.2. The Bertz CT molecular complexity index is 378. The SMILES string of the molecule is C=CC[C@H](C)Oc1cc(F)cc(F)c1CO. The number of benzene rings is 1. The highest BCUT2D eigenvalue weighted by Crippen LogP contribution is 2.25. The van der Waals surface area contributed by atoms with Gasteiger partial charge < -0.3 is 9.84 Å². The van der Waals surface area contributed by atoms with Crippen LogP contribution in [-0.2, 0) is 6.61 Å². The first-order valence-corrected chi connectivity index (χ1v) is 4.94. The molecule has 0 aliphatic carbocycles. The Morgan fingerprint density at radius 1 is 1.50 bits per heavy atom. The monoisotopic (exact) mass is 228 g/mol. The third-order valence-electron chi connectivity index (χ3n) is 2.10. The summed E-state index contributed by atoms with van der Waals surface area (Å²) in [6.07, 6.45) is 1.96. The molecule has 0 spiro atoms. The Kier molecular flexibility index (Phi) is 4.43. The van der Waals surface area contributed by atoms with Crippen molar-refractivity contribution in [2.45, 2.75) is 26.1 Å². The van der Waals surface area contributed by atoms with E-state index >= 15 is 0 Å². The lowest BCUT2D eigenvalue weighted by atomic mass is 10.2. The van der Waals surface area contributed by atoms with Crippen molar-refractivity contribution in [3.8, 4) is 5.75 Å². The van der Waals surface area contributed by atoms with Crippen LogP contribution in [0.2, 0.25) is 0 Å². The number of ether oxygens (including phenoxy) is 1. The van der Waals surface area contributed by atoms with E-state index in [1.54, 1.807) is 13.0 Å². The number of aliphatic hydroxyl groups is 1. The second-order valence-electron chi connectivity index (χ2n) is 3.48. The van der Waals surface area contributed by atoms with Gasteiger partial charge in [-0.15, -0.1) is 6.58 Å². The molecule has 0 aliphatic heterocycles. The smallest absolute Gasteiger partial charge is 0.135 e. The maximum absolute atomic E-state index is 13.2. The molecule has 0 fully saturated rings. The molecule has 88 valence electrons. The highest BCUT2D eigenvalue weighted by Gasteiger charge is 2.13. The summed E-state index contributed by atoms with van der Waals surface area (Å²) in [5.74, 6) is -1.49. The van der Waals surface area contributed by atoms with Gasteiger partial charge in [0.2, 0.25) is 0 Å². The van der Waals surface area contributed by atoms with Crippen LogP contribution in [0.3, 0.4) is 0 Å². The zero-order chi connectivity index (χ0) is 12.1. The number of halogens is 2. The van der Waals surface area contributed by atoms with Crippen molar-refractivity contribution in [1.29, 1.82) is 0 Å². The lowest BCUT2D eigenvalue weighted by molar-refractivity contribution is 0.208. The van der Waals surface area contributed by atoms with Gasteiger partial charge in [-0.2, -0.15) is 0 Å². The van der Waals surface area contributed by atoms with Crippen LogP contribution in [0.1, 0.15) is 18.9 Å². The zero-order valence-corrected chi connectivity index (χ0v) is 9.04. The molecule has 0 unspecified atom stereocenters. The van der Waals surface area contributed by atoms with Crippen molar-refractivity contribution < 1.29 is 18.6 Å². The lowest BCUT2D eigenvalue weighted by Crippen LogP contribution is -2.12. The van der Waals surface area contributed by atoms with E-state index in [0.29, 0.717) is 6.42 Å². The predicted octanol–water partition coefficient (Wildman–Crippen LogP) is 2.80. The Labute approximate surface area is 93.2 Å². The third kappa shape index (κ3) is 3.03. The summed E-state index contributed by atoms with van der Waals surface area (Å²) in [4.78, 5) is 0. The van der Waals surface area contributed by atoms with Gasteiger partial charge in [0.25, 0.3) is 0 Å². The second-order valence-corrected chi connectivity index (χ2v) is 3.48. The zero-order valence-electron chi connectivity index (χ0n) is 9.04. The van der Waals surface area contributed by atoms with Gasteiger partial charge in [0, 0.05) is 18.6 Å². The molecule has 0 saturated carbocycles. The van der Waals surface area contributed by atoms with E-state index in [-0.39, 0.29) is 17.4 Å². The average Bonchev–Trinajstić information content (AvgIpc) is 2.17. The van der Waals surface area contributed by atoms with Gasteiger partial charge in [-0.25, -0.2) is 8.78 Å². The Hall–Kier alpha value is -1.42. The molecule has 2 nitrogen and oxygen atoms in total. The Balaban J connectivity index is 2.97. The number of aliphatic hydroxyl groups excluding tert-OH is 1. The van der Waals surface area contributed by atoms with Crippen LogP contribution >= 0.6 is 0 Å². The van der Waals surface area contributed by atoms with Gasteiger partial charge in [-0.1, -0.05) is 6.08 Å². The molecule has 4 heteroatoms. The molecule has 0 saturated heterocycles. The standard InChI is InChI=1S/C12H14F2O2/c1-3-4-8(2)16-12-6-9(13)5-11(14)10(12)7-15/h3,5-6,8,15H,1,4,7H2,2H3/t8-/m0/s1.